The lowest BCUT2D eigenvalue weighted by molar-refractivity contribution is 0.0585. The molecule has 6 nitrogen and oxygen atoms in total. The predicted octanol–water partition coefficient (Wildman–Crippen LogP) is 4.01. The average molecular weight is 412 g/mol. The minimum Gasteiger partial charge on any atom is -0.486 e. The van der Waals surface area contributed by atoms with Gasteiger partial charge in [-0.1, -0.05) is 46.3 Å². The maximum absolute atomic E-state index is 12.5. The molecule has 0 saturated heterocycles. The monoisotopic (exact) mass is 411 g/mol. The maximum atomic E-state index is 12.5. The van der Waals surface area contributed by atoms with Crippen LogP contribution in [-0.4, -0.2) is 27.7 Å². The van der Waals surface area contributed by atoms with Gasteiger partial charge in [-0.05, 0) is 23.8 Å². The molecule has 2 aromatic heterocycles. The van der Waals surface area contributed by atoms with E-state index in [0.29, 0.717) is 18.0 Å². The summed E-state index contributed by atoms with van der Waals surface area (Å²) in [6, 6.07) is 15.5. The van der Waals surface area contributed by atoms with Crippen LogP contribution in [-0.2, 0) is 11.3 Å². The lowest BCUT2D eigenvalue weighted by atomic mass is 10.1. The van der Waals surface area contributed by atoms with E-state index >= 15 is 0 Å². The number of rotatable bonds is 4. The molecular weight excluding hydrogens is 398 g/mol. The van der Waals surface area contributed by atoms with Crippen molar-refractivity contribution in [2.24, 2.45) is 0 Å². The van der Waals surface area contributed by atoms with Crippen LogP contribution in [0.4, 0.5) is 0 Å². The van der Waals surface area contributed by atoms with E-state index in [1.165, 1.54) is 18.0 Å². The predicted molar refractivity (Wildman–Crippen MR) is 100 cm³/mol. The molecule has 0 unspecified atom stereocenters. The molecule has 4 aromatic rings. The summed E-state index contributed by atoms with van der Waals surface area (Å²) in [5, 5.41) is 5.79. The Bertz CT molecular complexity index is 1110. The third-order valence-electron chi connectivity index (χ3n) is 4.05. The smallest absolute Gasteiger partial charge is 0.360 e. The first-order chi connectivity index (χ1) is 12.7. The molecule has 4 rings (SSSR count). The van der Waals surface area contributed by atoms with Crippen molar-refractivity contribution in [2.75, 3.05) is 7.11 Å². The summed E-state index contributed by atoms with van der Waals surface area (Å²) in [5.41, 5.74) is 1.77. The zero-order valence-corrected chi connectivity index (χ0v) is 15.4. The Kier molecular flexibility index (Phi) is 4.30. The number of ether oxygens (including phenoxy) is 2. The van der Waals surface area contributed by atoms with Crippen molar-refractivity contribution >= 4 is 38.3 Å². The third kappa shape index (κ3) is 2.80. The number of pyridine rings is 1. The molecule has 0 aliphatic rings. The standard InChI is InChI=1S/C19H14BrN3O3/c1-25-19(24)16-17(26-10-12-5-3-2-4-6-12)14-8-7-13(20)9-15(14)18-21-11-22-23(16)18/h2-9,11H,10H2,1H3. The Balaban J connectivity index is 1.95. The van der Waals surface area contributed by atoms with Gasteiger partial charge < -0.3 is 9.47 Å². The van der Waals surface area contributed by atoms with Gasteiger partial charge in [-0.15, -0.1) is 0 Å². The van der Waals surface area contributed by atoms with Gasteiger partial charge in [0.1, 0.15) is 12.9 Å². The van der Waals surface area contributed by atoms with Crippen LogP contribution >= 0.6 is 15.9 Å². The van der Waals surface area contributed by atoms with Crippen molar-refractivity contribution in [3.05, 3.63) is 70.6 Å². The van der Waals surface area contributed by atoms with Gasteiger partial charge in [0, 0.05) is 15.2 Å². The molecule has 0 N–H and O–H groups in total. The summed E-state index contributed by atoms with van der Waals surface area (Å²) < 4.78 is 13.4. The Morgan fingerprint density at radius 2 is 1.96 bits per heavy atom. The zero-order valence-electron chi connectivity index (χ0n) is 13.8. The molecule has 26 heavy (non-hydrogen) atoms. The molecule has 0 saturated carbocycles. The molecule has 0 radical (unpaired) electrons. The SMILES string of the molecule is COC(=O)c1c(OCc2ccccc2)c2ccc(Br)cc2c2ncnn12. The molecule has 0 aliphatic carbocycles. The maximum Gasteiger partial charge on any atom is 0.360 e. The number of carbonyl (C=O) groups excluding carboxylic acids is 1. The van der Waals surface area contributed by atoms with Crippen molar-refractivity contribution in [1.29, 1.82) is 0 Å². The topological polar surface area (TPSA) is 65.7 Å². The van der Waals surface area contributed by atoms with E-state index in [1.54, 1.807) is 0 Å². The number of hydrogen-bond donors (Lipinski definition) is 0. The number of hydrogen-bond acceptors (Lipinski definition) is 5. The summed E-state index contributed by atoms with van der Waals surface area (Å²) in [5.74, 6) is -0.116. The highest BCUT2D eigenvalue weighted by atomic mass is 79.9. The highest BCUT2D eigenvalue weighted by Crippen LogP contribution is 2.35. The molecule has 2 heterocycles. The minimum absolute atomic E-state index is 0.214. The molecule has 130 valence electrons. The summed E-state index contributed by atoms with van der Waals surface area (Å²) in [7, 11) is 1.33. The fourth-order valence-electron chi connectivity index (χ4n) is 2.86. The van der Waals surface area contributed by atoms with Crippen molar-refractivity contribution < 1.29 is 14.3 Å². The second-order valence-electron chi connectivity index (χ2n) is 5.63. The van der Waals surface area contributed by atoms with E-state index in [2.05, 4.69) is 26.0 Å². The minimum atomic E-state index is -0.534. The second-order valence-corrected chi connectivity index (χ2v) is 6.54. The highest BCUT2D eigenvalue weighted by Gasteiger charge is 2.24. The summed E-state index contributed by atoms with van der Waals surface area (Å²) in [6.07, 6.45) is 1.41. The van der Waals surface area contributed by atoms with E-state index in [0.717, 1.165) is 20.8 Å². The Morgan fingerprint density at radius 1 is 1.15 bits per heavy atom. The van der Waals surface area contributed by atoms with E-state index in [-0.39, 0.29) is 5.69 Å². The fourth-order valence-corrected chi connectivity index (χ4v) is 3.22. The summed E-state index contributed by atoms with van der Waals surface area (Å²) in [4.78, 5) is 16.8. The number of nitrogens with zero attached hydrogens (tertiary/aromatic N) is 3. The number of carbonyl (C=O) groups is 1. The number of methoxy groups -OCH3 is 1. The van der Waals surface area contributed by atoms with Crippen molar-refractivity contribution in [3.8, 4) is 5.75 Å². The van der Waals surface area contributed by atoms with E-state index in [1.807, 2.05) is 48.5 Å². The third-order valence-corrected chi connectivity index (χ3v) is 4.54. The summed E-state index contributed by atoms with van der Waals surface area (Å²) in [6.45, 7) is 0.316. The number of benzene rings is 2. The Labute approximate surface area is 157 Å². The van der Waals surface area contributed by atoms with Crippen molar-refractivity contribution in [2.45, 2.75) is 6.61 Å². The fraction of sp³-hybridized carbons (Fsp3) is 0.105. The lowest BCUT2D eigenvalue weighted by Crippen LogP contribution is -2.13. The molecule has 0 aliphatic heterocycles. The molecule has 0 fully saturated rings. The summed E-state index contributed by atoms with van der Waals surface area (Å²) >= 11 is 3.48. The van der Waals surface area contributed by atoms with Crippen LogP contribution in [0.1, 0.15) is 16.1 Å². The van der Waals surface area contributed by atoms with Crippen LogP contribution in [0.3, 0.4) is 0 Å². The first-order valence-electron chi connectivity index (χ1n) is 7.89. The number of aromatic nitrogens is 3. The number of fused-ring (bicyclic) bond motifs is 3. The van der Waals surface area contributed by atoms with Crippen LogP contribution in [0.25, 0.3) is 16.4 Å². The van der Waals surface area contributed by atoms with Crippen LogP contribution in [0.5, 0.6) is 5.75 Å². The molecular formula is C19H14BrN3O3. The average Bonchev–Trinajstić information content (AvgIpc) is 3.15. The van der Waals surface area contributed by atoms with Crippen molar-refractivity contribution in [1.82, 2.24) is 14.6 Å². The molecule has 0 bridgehead atoms. The molecule has 2 aromatic carbocycles. The lowest BCUT2D eigenvalue weighted by Gasteiger charge is -2.15. The molecule has 7 heteroatoms. The second kappa shape index (κ2) is 6.76. The van der Waals surface area contributed by atoms with Gasteiger partial charge in [-0.3, -0.25) is 0 Å². The van der Waals surface area contributed by atoms with Crippen molar-refractivity contribution in [3.63, 3.8) is 0 Å². The first kappa shape index (κ1) is 16.5. The largest absolute Gasteiger partial charge is 0.486 e. The van der Waals surface area contributed by atoms with Crippen LogP contribution < -0.4 is 4.74 Å². The van der Waals surface area contributed by atoms with E-state index in [9.17, 15) is 4.79 Å². The van der Waals surface area contributed by atoms with Gasteiger partial charge >= 0.3 is 5.97 Å². The first-order valence-corrected chi connectivity index (χ1v) is 8.68. The molecule has 0 amide bonds. The van der Waals surface area contributed by atoms with E-state index < -0.39 is 5.97 Å². The molecule has 0 atom stereocenters. The zero-order chi connectivity index (χ0) is 18.1. The van der Waals surface area contributed by atoms with E-state index in [4.69, 9.17) is 9.47 Å². The van der Waals surface area contributed by atoms with Gasteiger partial charge in [0.25, 0.3) is 0 Å². The van der Waals surface area contributed by atoms with Gasteiger partial charge in [0.05, 0.1) is 7.11 Å². The number of esters is 1. The Hall–Kier alpha value is -2.93. The van der Waals surface area contributed by atoms with Crippen LogP contribution in [0, 0.1) is 0 Å². The normalized spacial score (nSPS) is 11.0. The Morgan fingerprint density at radius 3 is 2.73 bits per heavy atom. The highest BCUT2D eigenvalue weighted by molar-refractivity contribution is 9.10. The van der Waals surface area contributed by atoms with Crippen LogP contribution in [0.2, 0.25) is 0 Å². The van der Waals surface area contributed by atoms with Gasteiger partial charge in [-0.2, -0.15) is 5.10 Å². The van der Waals surface area contributed by atoms with Crippen LogP contribution in [0.15, 0.2) is 59.3 Å². The van der Waals surface area contributed by atoms with Gasteiger partial charge in [0.2, 0.25) is 0 Å². The van der Waals surface area contributed by atoms with Gasteiger partial charge in [0.15, 0.2) is 17.1 Å². The number of halogens is 1. The van der Waals surface area contributed by atoms with Gasteiger partial charge in [-0.25, -0.2) is 14.3 Å². The molecule has 0 spiro atoms. The quantitative estimate of drug-likeness (QED) is 0.474.